The quantitative estimate of drug-likeness (QED) is 0.619. The summed E-state index contributed by atoms with van der Waals surface area (Å²) in [7, 11) is 0. The molecule has 1 amide bonds. The molecule has 2 aromatic carbocycles. The molecule has 0 heterocycles. The van der Waals surface area contributed by atoms with Gasteiger partial charge in [-0.25, -0.2) is 0 Å². The van der Waals surface area contributed by atoms with Gasteiger partial charge >= 0.3 is 0 Å². The normalized spacial score (nSPS) is 11.0. The number of hydrogen-bond donors (Lipinski definition) is 1. The highest BCUT2D eigenvalue weighted by Crippen LogP contribution is 2.42. The summed E-state index contributed by atoms with van der Waals surface area (Å²) in [5.74, 6) is 0.710. The standard InChI is InChI=1S/C19H21NOS/c1-3-18(21)20-14-15-22-19(2,16-10-6-4-7-11-16)17-12-8-5-9-13-17/h3-13H,1,14-15H2,2H3,(H,20,21). The smallest absolute Gasteiger partial charge is 0.243 e. The third-order valence-electron chi connectivity index (χ3n) is 3.63. The van der Waals surface area contributed by atoms with E-state index in [9.17, 15) is 4.79 Å². The molecule has 2 nitrogen and oxygen atoms in total. The highest BCUT2D eigenvalue weighted by Gasteiger charge is 2.28. The lowest BCUT2D eigenvalue weighted by atomic mass is 9.92. The van der Waals surface area contributed by atoms with Crippen LogP contribution in [-0.4, -0.2) is 18.2 Å². The number of amides is 1. The van der Waals surface area contributed by atoms with E-state index in [-0.39, 0.29) is 10.7 Å². The number of carbonyl (C=O) groups is 1. The van der Waals surface area contributed by atoms with Gasteiger partial charge in [-0.05, 0) is 24.1 Å². The summed E-state index contributed by atoms with van der Waals surface area (Å²) in [6.07, 6.45) is 1.30. The SMILES string of the molecule is C=CC(=O)NCCSC(C)(c1ccccc1)c1ccccc1. The maximum atomic E-state index is 11.2. The first-order chi connectivity index (χ1) is 10.7. The Morgan fingerprint density at radius 2 is 1.59 bits per heavy atom. The number of hydrogen-bond acceptors (Lipinski definition) is 2. The van der Waals surface area contributed by atoms with Crippen molar-refractivity contribution in [3.63, 3.8) is 0 Å². The lowest BCUT2D eigenvalue weighted by Gasteiger charge is -2.30. The fourth-order valence-electron chi connectivity index (χ4n) is 2.35. The fourth-order valence-corrected chi connectivity index (χ4v) is 3.57. The molecule has 0 saturated carbocycles. The fraction of sp³-hybridized carbons (Fsp3) is 0.211. The van der Waals surface area contributed by atoms with Crippen LogP contribution in [0.3, 0.4) is 0 Å². The number of rotatable bonds is 7. The second kappa shape index (κ2) is 7.85. The lowest BCUT2D eigenvalue weighted by Crippen LogP contribution is -2.26. The maximum Gasteiger partial charge on any atom is 0.243 e. The monoisotopic (exact) mass is 311 g/mol. The average Bonchev–Trinajstić information content (AvgIpc) is 2.59. The minimum Gasteiger partial charge on any atom is -0.352 e. The van der Waals surface area contributed by atoms with Gasteiger partial charge in [0.2, 0.25) is 5.91 Å². The molecule has 0 aliphatic rings. The van der Waals surface area contributed by atoms with Crippen LogP contribution in [0, 0.1) is 0 Å². The van der Waals surface area contributed by atoms with E-state index in [0.29, 0.717) is 6.54 Å². The maximum absolute atomic E-state index is 11.2. The van der Waals surface area contributed by atoms with Gasteiger partial charge in [-0.15, -0.1) is 11.8 Å². The van der Waals surface area contributed by atoms with Crippen molar-refractivity contribution in [1.29, 1.82) is 0 Å². The van der Waals surface area contributed by atoms with E-state index in [0.717, 1.165) is 5.75 Å². The van der Waals surface area contributed by atoms with Crippen molar-refractivity contribution < 1.29 is 4.79 Å². The Balaban J connectivity index is 2.16. The van der Waals surface area contributed by atoms with Crippen molar-refractivity contribution in [1.82, 2.24) is 5.32 Å². The first kappa shape index (κ1) is 16.4. The number of thioether (sulfide) groups is 1. The number of nitrogens with one attached hydrogen (secondary N) is 1. The summed E-state index contributed by atoms with van der Waals surface area (Å²) in [5, 5.41) is 2.83. The topological polar surface area (TPSA) is 29.1 Å². The molecule has 0 fully saturated rings. The zero-order chi connectivity index (χ0) is 15.8. The van der Waals surface area contributed by atoms with Gasteiger partial charge in [-0.1, -0.05) is 67.2 Å². The van der Waals surface area contributed by atoms with Gasteiger partial charge in [0.1, 0.15) is 0 Å². The second-order valence-corrected chi connectivity index (χ2v) is 6.62. The Morgan fingerprint density at radius 1 is 1.09 bits per heavy atom. The predicted molar refractivity (Wildman–Crippen MR) is 95.0 cm³/mol. The molecule has 22 heavy (non-hydrogen) atoms. The molecule has 0 radical (unpaired) electrons. The molecular formula is C19H21NOS. The Morgan fingerprint density at radius 3 is 2.05 bits per heavy atom. The van der Waals surface area contributed by atoms with Crippen molar-refractivity contribution >= 4 is 17.7 Å². The number of carbonyl (C=O) groups excluding carboxylic acids is 1. The van der Waals surface area contributed by atoms with Gasteiger partial charge in [0, 0.05) is 12.3 Å². The lowest BCUT2D eigenvalue weighted by molar-refractivity contribution is -0.116. The van der Waals surface area contributed by atoms with Crippen LogP contribution in [0.2, 0.25) is 0 Å². The van der Waals surface area contributed by atoms with E-state index >= 15 is 0 Å². The molecular weight excluding hydrogens is 290 g/mol. The molecule has 2 aromatic rings. The molecule has 0 aliphatic heterocycles. The highest BCUT2D eigenvalue weighted by molar-refractivity contribution is 8.00. The van der Waals surface area contributed by atoms with Crippen LogP contribution in [0.1, 0.15) is 18.1 Å². The molecule has 0 aromatic heterocycles. The van der Waals surface area contributed by atoms with Gasteiger partial charge in [0.05, 0.1) is 4.75 Å². The zero-order valence-corrected chi connectivity index (χ0v) is 13.6. The van der Waals surface area contributed by atoms with E-state index < -0.39 is 0 Å². The van der Waals surface area contributed by atoms with Crippen molar-refractivity contribution in [2.24, 2.45) is 0 Å². The van der Waals surface area contributed by atoms with Crippen molar-refractivity contribution in [3.05, 3.63) is 84.4 Å². The van der Waals surface area contributed by atoms with Crippen LogP contribution in [0.5, 0.6) is 0 Å². The Hall–Kier alpha value is -2.00. The van der Waals surface area contributed by atoms with Crippen LogP contribution in [0.25, 0.3) is 0 Å². The molecule has 0 spiro atoms. The van der Waals surface area contributed by atoms with Gasteiger partial charge < -0.3 is 5.32 Å². The molecule has 0 saturated heterocycles. The molecule has 0 aliphatic carbocycles. The largest absolute Gasteiger partial charge is 0.352 e. The molecule has 0 atom stereocenters. The molecule has 114 valence electrons. The highest BCUT2D eigenvalue weighted by atomic mass is 32.2. The summed E-state index contributed by atoms with van der Waals surface area (Å²) < 4.78 is -0.137. The van der Waals surface area contributed by atoms with E-state index in [1.165, 1.54) is 17.2 Å². The summed E-state index contributed by atoms with van der Waals surface area (Å²) in [6, 6.07) is 20.9. The summed E-state index contributed by atoms with van der Waals surface area (Å²) >= 11 is 1.83. The predicted octanol–water partition coefficient (Wildman–Crippen LogP) is 3.99. The van der Waals surface area contributed by atoms with Crippen LogP contribution < -0.4 is 5.32 Å². The van der Waals surface area contributed by atoms with Crippen LogP contribution in [0.15, 0.2) is 73.3 Å². The first-order valence-electron chi connectivity index (χ1n) is 7.32. The van der Waals surface area contributed by atoms with Crippen LogP contribution >= 0.6 is 11.8 Å². The van der Waals surface area contributed by atoms with Gasteiger partial charge in [0.25, 0.3) is 0 Å². The van der Waals surface area contributed by atoms with Crippen molar-refractivity contribution in [2.75, 3.05) is 12.3 Å². The van der Waals surface area contributed by atoms with Crippen LogP contribution in [0.4, 0.5) is 0 Å². The van der Waals surface area contributed by atoms with Crippen LogP contribution in [-0.2, 0) is 9.54 Å². The Bertz CT molecular complexity index is 570. The van der Waals surface area contributed by atoms with Gasteiger partial charge in [-0.3, -0.25) is 4.79 Å². The van der Waals surface area contributed by atoms with Gasteiger partial charge in [0.15, 0.2) is 0 Å². The van der Waals surface area contributed by atoms with E-state index in [2.05, 4.69) is 67.4 Å². The van der Waals surface area contributed by atoms with Crippen molar-refractivity contribution in [2.45, 2.75) is 11.7 Å². The third kappa shape index (κ3) is 4.01. The second-order valence-electron chi connectivity index (χ2n) is 5.11. The molecule has 2 rings (SSSR count). The Labute approximate surface area is 136 Å². The molecule has 0 bridgehead atoms. The molecule has 1 N–H and O–H groups in total. The van der Waals surface area contributed by atoms with Crippen molar-refractivity contribution in [3.8, 4) is 0 Å². The summed E-state index contributed by atoms with van der Waals surface area (Å²) in [6.45, 7) is 6.33. The molecule has 3 heteroatoms. The van der Waals surface area contributed by atoms with E-state index in [1.807, 2.05) is 23.9 Å². The average molecular weight is 311 g/mol. The molecule has 0 unspecified atom stereocenters. The van der Waals surface area contributed by atoms with E-state index in [1.54, 1.807) is 0 Å². The summed E-state index contributed by atoms with van der Waals surface area (Å²) in [4.78, 5) is 11.2. The number of benzene rings is 2. The Kier molecular flexibility index (Phi) is 5.84. The minimum atomic E-state index is -0.137. The third-order valence-corrected chi connectivity index (χ3v) is 5.08. The zero-order valence-electron chi connectivity index (χ0n) is 12.8. The van der Waals surface area contributed by atoms with E-state index in [4.69, 9.17) is 0 Å². The first-order valence-corrected chi connectivity index (χ1v) is 8.30. The van der Waals surface area contributed by atoms with Gasteiger partial charge in [-0.2, -0.15) is 0 Å². The summed E-state index contributed by atoms with van der Waals surface area (Å²) in [5.41, 5.74) is 2.53. The minimum absolute atomic E-state index is 0.123.